The second-order valence-corrected chi connectivity index (χ2v) is 17.5. The van der Waals surface area contributed by atoms with E-state index >= 15 is 0 Å². The Bertz CT molecular complexity index is 986. The van der Waals surface area contributed by atoms with Crippen LogP contribution in [0.25, 0.3) is 0 Å². The SMILES string of the molecule is CCCCC/C=C\CC1OC1CCCCCCCC(=O)O[C@H](COC(=O)CCCCCCCCCCCCCCC)COP(=O)([O-])OCC[N+](C)(C)C. The van der Waals surface area contributed by atoms with E-state index in [-0.39, 0.29) is 32.0 Å². The van der Waals surface area contributed by atoms with Gasteiger partial charge in [0, 0.05) is 12.8 Å². The minimum atomic E-state index is -4.63. The summed E-state index contributed by atoms with van der Waals surface area (Å²) in [6, 6.07) is 0. The van der Waals surface area contributed by atoms with Crippen molar-refractivity contribution in [1.82, 2.24) is 0 Å². The molecule has 1 aliphatic heterocycles. The first kappa shape index (κ1) is 49.7. The highest BCUT2D eigenvalue weighted by molar-refractivity contribution is 7.45. The van der Waals surface area contributed by atoms with Gasteiger partial charge in [-0.05, 0) is 38.5 Å². The molecule has 1 saturated heterocycles. The molecule has 0 aromatic rings. The zero-order valence-corrected chi connectivity index (χ0v) is 35.6. The largest absolute Gasteiger partial charge is 0.756 e. The number of allylic oxidation sites excluding steroid dienone is 1. The van der Waals surface area contributed by atoms with Crippen LogP contribution in [0.2, 0.25) is 0 Å². The highest BCUT2D eigenvalue weighted by atomic mass is 31.2. The van der Waals surface area contributed by atoms with Crippen molar-refractivity contribution in [3.63, 3.8) is 0 Å². The van der Waals surface area contributed by atoms with Gasteiger partial charge in [0.25, 0.3) is 7.82 Å². The van der Waals surface area contributed by atoms with Gasteiger partial charge in [0.15, 0.2) is 6.10 Å². The van der Waals surface area contributed by atoms with Gasteiger partial charge in [-0.15, -0.1) is 0 Å². The average Bonchev–Trinajstić information content (AvgIpc) is 3.86. The van der Waals surface area contributed by atoms with Crippen molar-refractivity contribution >= 4 is 19.8 Å². The number of phosphoric ester groups is 1. The monoisotopic (exact) mass is 774 g/mol. The molecule has 1 heterocycles. The maximum atomic E-state index is 12.7. The lowest BCUT2D eigenvalue weighted by Crippen LogP contribution is -2.37. The van der Waals surface area contributed by atoms with Crippen molar-refractivity contribution < 1.29 is 46.8 Å². The number of ether oxygens (including phenoxy) is 3. The van der Waals surface area contributed by atoms with Crippen LogP contribution in [0.3, 0.4) is 0 Å². The predicted octanol–water partition coefficient (Wildman–Crippen LogP) is 10.2. The Morgan fingerprint density at radius 3 is 1.79 bits per heavy atom. The Morgan fingerprint density at radius 1 is 0.679 bits per heavy atom. The van der Waals surface area contributed by atoms with Gasteiger partial charge in [0.05, 0.1) is 40.0 Å². The minimum absolute atomic E-state index is 0.0341. The van der Waals surface area contributed by atoms with E-state index in [9.17, 15) is 19.0 Å². The maximum Gasteiger partial charge on any atom is 0.306 e. The Kier molecular flexibility index (Phi) is 29.9. The lowest BCUT2D eigenvalue weighted by atomic mass is 10.0. The summed E-state index contributed by atoms with van der Waals surface area (Å²) in [7, 11) is 1.15. The third kappa shape index (κ3) is 32.6. The summed E-state index contributed by atoms with van der Waals surface area (Å²) in [6.45, 7) is 4.17. The number of hydrogen-bond acceptors (Lipinski definition) is 9. The fourth-order valence-corrected chi connectivity index (χ4v) is 6.92. The van der Waals surface area contributed by atoms with E-state index in [1.54, 1.807) is 0 Å². The first-order chi connectivity index (χ1) is 25.5. The molecule has 0 aromatic carbocycles. The number of unbranched alkanes of at least 4 members (excludes halogenated alkanes) is 19. The number of likely N-dealkylation sites (N-methyl/N-ethyl adjacent to an activating group) is 1. The second kappa shape index (κ2) is 31.9. The molecule has 312 valence electrons. The van der Waals surface area contributed by atoms with Crippen molar-refractivity contribution in [3.05, 3.63) is 12.2 Å². The number of hydrogen-bond donors (Lipinski definition) is 0. The van der Waals surface area contributed by atoms with Crippen molar-refractivity contribution in [1.29, 1.82) is 0 Å². The first-order valence-electron chi connectivity index (χ1n) is 21.5. The molecule has 0 amide bonds. The zero-order valence-electron chi connectivity index (χ0n) is 34.7. The van der Waals surface area contributed by atoms with Gasteiger partial charge < -0.3 is 32.6 Å². The molecule has 0 aromatic heterocycles. The fraction of sp³-hybridized carbons (Fsp3) is 0.905. The molecule has 3 unspecified atom stereocenters. The smallest absolute Gasteiger partial charge is 0.306 e. The van der Waals surface area contributed by atoms with Gasteiger partial charge in [-0.2, -0.15) is 0 Å². The summed E-state index contributed by atoms with van der Waals surface area (Å²) in [4.78, 5) is 37.5. The van der Waals surface area contributed by atoms with E-state index in [0.717, 1.165) is 64.2 Å². The van der Waals surface area contributed by atoms with Crippen molar-refractivity contribution in [2.45, 2.75) is 199 Å². The third-order valence-electron chi connectivity index (χ3n) is 9.71. The summed E-state index contributed by atoms with van der Waals surface area (Å²) < 4.78 is 39.7. The number of nitrogens with zero attached hydrogens (tertiary/aromatic N) is 1. The molecular weight excluding hydrogens is 693 g/mol. The number of epoxide rings is 1. The van der Waals surface area contributed by atoms with Gasteiger partial charge in [0.2, 0.25) is 0 Å². The maximum absolute atomic E-state index is 12.7. The molecule has 10 nitrogen and oxygen atoms in total. The topological polar surface area (TPSA) is 124 Å². The standard InChI is InChI=1S/C42H80NO9P/c1-6-8-10-12-14-15-16-17-18-19-20-24-28-32-41(44)48-36-38(37-50-53(46,47)49-35-34-43(3,4)5)51-42(45)33-29-25-21-23-27-31-40-39(52-40)30-26-22-13-11-9-7-2/h22,26,38-40H,6-21,23-25,27-37H2,1-5H3/b26-22-/t38-,39?,40?/m1/s1. The molecule has 53 heavy (non-hydrogen) atoms. The molecule has 4 atom stereocenters. The summed E-state index contributed by atoms with van der Waals surface area (Å²) in [5.74, 6) is -0.852. The predicted molar refractivity (Wildman–Crippen MR) is 212 cm³/mol. The normalized spacial score (nSPS) is 17.5. The first-order valence-corrected chi connectivity index (χ1v) is 23.0. The molecule has 0 spiro atoms. The molecule has 0 radical (unpaired) electrons. The van der Waals surface area contributed by atoms with Crippen molar-refractivity contribution in [2.24, 2.45) is 0 Å². The molecule has 1 aliphatic rings. The summed E-state index contributed by atoms with van der Waals surface area (Å²) in [5.41, 5.74) is 0. The Labute approximate surface area is 324 Å². The summed E-state index contributed by atoms with van der Waals surface area (Å²) in [6.07, 6.45) is 32.5. The number of phosphoric acid groups is 1. The van der Waals surface area contributed by atoms with E-state index in [4.69, 9.17) is 23.3 Å². The van der Waals surface area contributed by atoms with Gasteiger partial charge in [-0.25, -0.2) is 0 Å². The Balaban J connectivity index is 2.29. The molecule has 1 rings (SSSR count). The second-order valence-electron chi connectivity index (χ2n) is 16.1. The van der Waals surface area contributed by atoms with Gasteiger partial charge >= 0.3 is 11.9 Å². The van der Waals surface area contributed by atoms with E-state index < -0.39 is 26.5 Å². The molecule has 11 heteroatoms. The molecular formula is C42H80NO9P. The van der Waals surface area contributed by atoms with Crippen LogP contribution in [0.1, 0.15) is 181 Å². The minimum Gasteiger partial charge on any atom is -0.756 e. The molecule has 0 bridgehead atoms. The van der Waals surface area contributed by atoms with Crippen molar-refractivity contribution in [2.75, 3.05) is 47.5 Å². The van der Waals surface area contributed by atoms with E-state index in [1.165, 1.54) is 83.5 Å². The van der Waals surface area contributed by atoms with Gasteiger partial charge in [-0.3, -0.25) is 14.2 Å². The fourth-order valence-electron chi connectivity index (χ4n) is 6.19. The molecule has 1 fully saturated rings. The van der Waals surface area contributed by atoms with Gasteiger partial charge in [0.1, 0.15) is 19.8 Å². The van der Waals surface area contributed by atoms with E-state index in [2.05, 4.69) is 26.0 Å². The van der Waals surface area contributed by atoms with E-state index in [1.807, 2.05) is 21.1 Å². The van der Waals surface area contributed by atoms with Crippen LogP contribution in [0.5, 0.6) is 0 Å². The van der Waals surface area contributed by atoms with Crippen LogP contribution in [0, 0.1) is 0 Å². The molecule has 0 saturated carbocycles. The van der Waals surface area contributed by atoms with Crippen LogP contribution in [-0.4, -0.2) is 82.2 Å². The van der Waals surface area contributed by atoms with E-state index in [0.29, 0.717) is 29.7 Å². The van der Waals surface area contributed by atoms with Crippen LogP contribution < -0.4 is 4.89 Å². The zero-order chi connectivity index (χ0) is 39.0. The molecule has 0 aliphatic carbocycles. The highest BCUT2D eigenvalue weighted by Crippen LogP contribution is 2.38. The number of quaternary nitrogens is 1. The quantitative estimate of drug-likeness (QED) is 0.0151. The lowest BCUT2D eigenvalue weighted by molar-refractivity contribution is -0.870. The summed E-state index contributed by atoms with van der Waals surface area (Å²) in [5, 5.41) is 0. The Morgan fingerprint density at radius 2 is 1.21 bits per heavy atom. The van der Waals surface area contributed by atoms with Gasteiger partial charge in [-0.1, -0.05) is 142 Å². The van der Waals surface area contributed by atoms with Crippen LogP contribution >= 0.6 is 7.82 Å². The van der Waals surface area contributed by atoms with Crippen LogP contribution in [0.4, 0.5) is 0 Å². The third-order valence-corrected chi connectivity index (χ3v) is 10.7. The number of esters is 2. The summed E-state index contributed by atoms with van der Waals surface area (Å²) >= 11 is 0. The van der Waals surface area contributed by atoms with Crippen molar-refractivity contribution in [3.8, 4) is 0 Å². The number of carbonyl (C=O) groups excluding carboxylic acids is 2. The number of rotatable bonds is 38. The highest BCUT2D eigenvalue weighted by Gasteiger charge is 2.36. The molecule has 0 N–H and O–H groups in total. The Hall–Kier alpha value is -1.29. The van der Waals surface area contributed by atoms with Crippen LogP contribution in [0.15, 0.2) is 12.2 Å². The number of carbonyl (C=O) groups is 2. The van der Waals surface area contributed by atoms with Crippen LogP contribution in [-0.2, 0) is 37.4 Å². The lowest BCUT2D eigenvalue weighted by Gasteiger charge is -2.28. The average molecular weight is 774 g/mol.